The normalized spacial score (nSPS) is 11.8. The Labute approximate surface area is 105 Å². The average Bonchev–Trinajstić information content (AvgIpc) is 2.27. The van der Waals surface area contributed by atoms with E-state index in [4.69, 9.17) is 0 Å². The first-order valence-electron chi connectivity index (χ1n) is 5.44. The molecule has 18 heavy (non-hydrogen) atoms. The lowest BCUT2D eigenvalue weighted by Crippen LogP contribution is -2.26. The van der Waals surface area contributed by atoms with E-state index in [2.05, 4.69) is 9.46 Å². The molecule has 4 nitrogen and oxygen atoms in total. The minimum Gasteiger partial charge on any atom is -0.434 e. The summed E-state index contributed by atoms with van der Waals surface area (Å²) < 4.78 is 53.8. The zero-order valence-corrected chi connectivity index (χ0v) is 10.7. The van der Waals surface area contributed by atoms with Crippen LogP contribution in [0.2, 0.25) is 0 Å². The molecule has 0 aliphatic rings. The van der Waals surface area contributed by atoms with Crippen LogP contribution in [0.5, 0.6) is 5.75 Å². The monoisotopic (exact) mass is 279 g/mol. The molecule has 7 heteroatoms. The zero-order valence-electron chi connectivity index (χ0n) is 9.90. The first kappa shape index (κ1) is 14.8. The van der Waals surface area contributed by atoms with Gasteiger partial charge in [-0.15, -0.1) is 0 Å². The zero-order chi connectivity index (χ0) is 13.6. The smallest absolute Gasteiger partial charge is 0.387 e. The third-order valence-electron chi connectivity index (χ3n) is 2.14. The predicted molar refractivity (Wildman–Crippen MR) is 64.0 cm³/mol. The number of hydrogen-bond donors (Lipinski definition) is 1. The van der Waals surface area contributed by atoms with Gasteiger partial charge in [-0.2, -0.15) is 8.78 Å². The van der Waals surface area contributed by atoms with E-state index >= 15 is 0 Å². The van der Waals surface area contributed by atoms with Gasteiger partial charge in [-0.1, -0.05) is 25.1 Å². The standard InChI is InChI=1S/C11H15F2NO3S/c1-2-7-18(15,16)14-8-9-5-3-4-6-10(9)17-11(12)13/h3-6,11,14H,2,7-8H2,1H3. The van der Waals surface area contributed by atoms with Crippen molar-refractivity contribution >= 4 is 10.0 Å². The molecule has 0 fully saturated rings. The van der Waals surface area contributed by atoms with Crippen LogP contribution in [0.25, 0.3) is 0 Å². The number of sulfonamides is 1. The molecule has 0 spiro atoms. The van der Waals surface area contributed by atoms with Gasteiger partial charge in [0.2, 0.25) is 10.0 Å². The van der Waals surface area contributed by atoms with Crippen LogP contribution >= 0.6 is 0 Å². The fourth-order valence-corrected chi connectivity index (χ4v) is 2.45. The maximum Gasteiger partial charge on any atom is 0.387 e. The maximum atomic E-state index is 12.1. The lowest BCUT2D eigenvalue weighted by Gasteiger charge is -2.11. The topological polar surface area (TPSA) is 55.4 Å². The molecule has 0 atom stereocenters. The quantitative estimate of drug-likeness (QED) is 0.831. The van der Waals surface area contributed by atoms with Gasteiger partial charge in [-0.05, 0) is 12.5 Å². The molecule has 0 radical (unpaired) electrons. The Kier molecular flexibility index (Phi) is 5.49. The summed E-state index contributed by atoms with van der Waals surface area (Å²) in [6.07, 6.45) is 0.491. The molecular weight excluding hydrogens is 264 g/mol. The Morgan fingerprint density at radius 1 is 1.33 bits per heavy atom. The molecule has 0 saturated carbocycles. The molecular formula is C11H15F2NO3S. The van der Waals surface area contributed by atoms with E-state index in [0.717, 1.165) is 0 Å². The molecule has 1 aromatic carbocycles. The van der Waals surface area contributed by atoms with Gasteiger partial charge in [0.25, 0.3) is 0 Å². The summed E-state index contributed by atoms with van der Waals surface area (Å²) in [5.41, 5.74) is 0.373. The fourth-order valence-electron chi connectivity index (χ4n) is 1.39. The maximum absolute atomic E-state index is 12.1. The molecule has 0 heterocycles. The number of para-hydroxylation sites is 1. The van der Waals surface area contributed by atoms with Crippen molar-refractivity contribution in [3.63, 3.8) is 0 Å². The second-order valence-electron chi connectivity index (χ2n) is 3.63. The van der Waals surface area contributed by atoms with Crippen LogP contribution in [0.15, 0.2) is 24.3 Å². The number of rotatable bonds is 7. The van der Waals surface area contributed by atoms with Crippen molar-refractivity contribution in [2.45, 2.75) is 26.5 Å². The first-order chi connectivity index (χ1) is 8.44. The summed E-state index contributed by atoms with van der Waals surface area (Å²) in [7, 11) is -3.37. The van der Waals surface area contributed by atoms with Gasteiger partial charge in [0, 0.05) is 12.1 Å². The number of alkyl halides is 2. The highest BCUT2D eigenvalue weighted by molar-refractivity contribution is 7.89. The Morgan fingerprint density at radius 2 is 2.00 bits per heavy atom. The third kappa shape index (κ3) is 4.97. The molecule has 0 bridgehead atoms. The molecule has 0 amide bonds. The van der Waals surface area contributed by atoms with Crippen LogP contribution in [-0.2, 0) is 16.6 Å². The van der Waals surface area contributed by atoms with Crippen LogP contribution in [0.4, 0.5) is 8.78 Å². The molecule has 1 N–H and O–H groups in total. The number of hydrogen-bond acceptors (Lipinski definition) is 3. The van der Waals surface area contributed by atoms with Gasteiger partial charge >= 0.3 is 6.61 Å². The van der Waals surface area contributed by atoms with Crippen LogP contribution in [0, 0.1) is 0 Å². The average molecular weight is 279 g/mol. The predicted octanol–water partition coefficient (Wildman–Crippen LogP) is 2.12. The summed E-state index contributed by atoms with van der Waals surface area (Å²) in [6.45, 7) is -1.25. The Balaban J connectivity index is 2.73. The molecule has 0 saturated heterocycles. The van der Waals surface area contributed by atoms with Crippen molar-refractivity contribution in [3.05, 3.63) is 29.8 Å². The summed E-state index contributed by atoms with van der Waals surface area (Å²) >= 11 is 0. The van der Waals surface area contributed by atoms with Gasteiger partial charge < -0.3 is 4.74 Å². The number of benzene rings is 1. The lowest BCUT2D eigenvalue weighted by atomic mass is 10.2. The minimum absolute atomic E-state index is 0.00483. The highest BCUT2D eigenvalue weighted by Crippen LogP contribution is 2.20. The van der Waals surface area contributed by atoms with E-state index in [9.17, 15) is 17.2 Å². The highest BCUT2D eigenvalue weighted by Gasteiger charge is 2.12. The van der Waals surface area contributed by atoms with Gasteiger partial charge in [0.05, 0.1) is 5.75 Å². The Bertz CT molecular complexity index is 477. The van der Waals surface area contributed by atoms with Gasteiger partial charge in [0.1, 0.15) is 5.75 Å². The molecule has 0 aliphatic heterocycles. The Morgan fingerprint density at radius 3 is 2.61 bits per heavy atom. The number of nitrogens with one attached hydrogen (secondary N) is 1. The van der Waals surface area contributed by atoms with Crippen LogP contribution < -0.4 is 9.46 Å². The fraction of sp³-hybridized carbons (Fsp3) is 0.455. The first-order valence-corrected chi connectivity index (χ1v) is 7.10. The minimum atomic E-state index is -3.37. The Hall–Kier alpha value is -1.21. The summed E-state index contributed by atoms with van der Waals surface area (Å²) in [5.74, 6) is -0.0167. The van der Waals surface area contributed by atoms with E-state index in [-0.39, 0.29) is 18.0 Å². The van der Waals surface area contributed by atoms with Crippen molar-refractivity contribution < 1.29 is 21.9 Å². The summed E-state index contributed by atoms with van der Waals surface area (Å²) in [6, 6.07) is 6.07. The van der Waals surface area contributed by atoms with E-state index in [1.165, 1.54) is 12.1 Å². The molecule has 1 rings (SSSR count). The molecule has 0 aliphatic carbocycles. The van der Waals surface area contributed by atoms with E-state index < -0.39 is 16.6 Å². The van der Waals surface area contributed by atoms with Crippen LogP contribution in [-0.4, -0.2) is 20.8 Å². The van der Waals surface area contributed by atoms with Crippen molar-refractivity contribution in [2.24, 2.45) is 0 Å². The second-order valence-corrected chi connectivity index (χ2v) is 5.55. The second kappa shape index (κ2) is 6.65. The molecule has 0 aromatic heterocycles. The van der Waals surface area contributed by atoms with E-state index in [1.807, 2.05) is 0 Å². The largest absolute Gasteiger partial charge is 0.434 e. The summed E-state index contributed by atoms with van der Waals surface area (Å²) in [5, 5.41) is 0. The number of halogens is 2. The van der Waals surface area contributed by atoms with E-state index in [1.54, 1.807) is 19.1 Å². The van der Waals surface area contributed by atoms with E-state index in [0.29, 0.717) is 12.0 Å². The van der Waals surface area contributed by atoms with Crippen LogP contribution in [0.1, 0.15) is 18.9 Å². The van der Waals surface area contributed by atoms with Crippen LogP contribution in [0.3, 0.4) is 0 Å². The van der Waals surface area contributed by atoms with Gasteiger partial charge in [-0.3, -0.25) is 0 Å². The SMILES string of the molecule is CCCS(=O)(=O)NCc1ccccc1OC(F)F. The third-order valence-corrected chi connectivity index (χ3v) is 3.67. The van der Waals surface area contributed by atoms with Gasteiger partial charge in [0.15, 0.2) is 0 Å². The van der Waals surface area contributed by atoms with Crippen molar-refractivity contribution in [2.75, 3.05) is 5.75 Å². The van der Waals surface area contributed by atoms with Crippen molar-refractivity contribution in [1.29, 1.82) is 0 Å². The highest BCUT2D eigenvalue weighted by atomic mass is 32.2. The van der Waals surface area contributed by atoms with Crippen molar-refractivity contribution in [3.8, 4) is 5.75 Å². The summed E-state index contributed by atoms with van der Waals surface area (Å²) in [4.78, 5) is 0. The molecule has 0 unspecified atom stereocenters. The number of ether oxygens (including phenoxy) is 1. The lowest BCUT2D eigenvalue weighted by molar-refractivity contribution is -0.0504. The molecule has 1 aromatic rings. The van der Waals surface area contributed by atoms with Crippen molar-refractivity contribution in [1.82, 2.24) is 4.72 Å². The van der Waals surface area contributed by atoms with Gasteiger partial charge in [-0.25, -0.2) is 13.1 Å². The molecule has 102 valence electrons.